The second-order valence-corrected chi connectivity index (χ2v) is 7.76. The van der Waals surface area contributed by atoms with Crippen molar-refractivity contribution in [2.45, 2.75) is 33.5 Å². The first-order valence-corrected chi connectivity index (χ1v) is 10.0. The quantitative estimate of drug-likeness (QED) is 0.472. The minimum absolute atomic E-state index is 0.0515. The Bertz CT molecular complexity index is 1320. The summed E-state index contributed by atoms with van der Waals surface area (Å²) < 4.78 is 43.0. The van der Waals surface area contributed by atoms with Crippen LogP contribution in [0.4, 0.5) is 13.2 Å². The highest BCUT2D eigenvalue weighted by molar-refractivity contribution is 5.96. The molecular formula is C24H21F3N4O. The average Bonchev–Trinajstić information content (AvgIpc) is 3.06. The van der Waals surface area contributed by atoms with Crippen LogP contribution in [-0.2, 0) is 12.7 Å². The zero-order chi connectivity index (χ0) is 23.0. The molecule has 0 saturated carbocycles. The van der Waals surface area contributed by atoms with E-state index in [1.165, 1.54) is 0 Å². The Kier molecular flexibility index (Phi) is 5.46. The van der Waals surface area contributed by atoms with E-state index in [1.54, 1.807) is 19.1 Å². The number of benzene rings is 2. The number of hydrogen-bond donors (Lipinski definition) is 1. The molecule has 1 N–H and O–H groups in total. The topological polar surface area (TPSA) is 59.3 Å². The maximum absolute atomic E-state index is 14.1. The highest BCUT2D eigenvalue weighted by Crippen LogP contribution is 2.35. The summed E-state index contributed by atoms with van der Waals surface area (Å²) in [6, 6.07) is 14.8. The lowest BCUT2D eigenvalue weighted by molar-refractivity contribution is -0.143. The molecule has 0 aliphatic rings. The van der Waals surface area contributed by atoms with Crippen molar-refractivity contribution in [3.05, 3.63) is 88.4 Å². The summed E-state index contributed by atoms with van der Waals surface area (Å²) in [7, 11) is 0. The highest BCUT2D eigenvalue weighted by Gasteiger charge is 2.40. The van der Waals surface area contributed by atoms with Crippen molar-refractivity contribution in [1.29, 1.82) is 0 Å². The van der Waals surface area contributed by atoms with E-state index in [1.807, 2.05) is 50.2 Å². The first-order valence-electron chi connectivity index (χ1n) is 10.0. The van der Waals surface area contributed by atoms with Gasteiger partial charge in [-0.2, -0.15) is 18.3 Å². The van der Waals surface area contributed by atoms with Gasteiger partial charge < -0.3 is 5.32 Å². The van der Waals surface area contributed by atoms with E-state index in [2.05, 4.69) is 15.4 Å². The van der Waals surface area contributed by atoms with Gasteiger partial charge in [-0.1, -0.05) is 59.7 Å². The van der Waals surface area contributed by atoms with Gasteiger partial charge in [0.1, 0.15) is 0 Å². The SMILES string of the molecule is Cc1cccc(CNC(=O)c2cnc3c(-c4cccc(C)c4)c(C)nn3c2C(F)(F)F)c1. The Labute approximate surface area is 182 Å². The first-order chi connectivity index (χ1) is 15.1. The molecule has 0 aliphatic carbocycles. The van der Waals surface area contributed by atoms with E-state index < -0.39 is 23.3 Å². The summed E-state index contributed by atoms with van der Waals surface area (Å²) >= 11 is 0. The number of carbonyl (C=O) groups excluding carboxylic acids is 1. The van der Waals surface area contributed by atoms with Crippen LogP contribution in [-0.4, -0.2) is 20.5 Å². The van der Waals surface area contributed by atoms with Crippen LogP contribution in [0.25, 0.3) is 16.8 Å². The van der Waals surface area contributed by atoms with Crippen molar-refractivity contribution in [1.82, 2.24) is 19.9 Å². The number of fused-ring (bicyclic) bond motifs is 1. The third-order valence-electron chi connectivity index (χ3n) is 5.17. The van der Waals surface area contributed by atoms with E-state index in [4.69, 9.17) is 0 Å². The molecule has 4 rings (SSSR count). The molecule has 0 saturated heterocycles. The smallest absolute Gasteiger partial charge is 0.348 e. The molecule has 32 heavy (non-hydrogen) atoms. The van der Waals surface area contributed by atoms with E-state index in [-0.39, 0.29) is 12.2 Å². The average molecular weight is 438 g/mol. The summed E-state index contributed by atoms with van der Waals surface area (Å²) in [5.41, 5.74) is 2.69. The van der Waals surface area contributed by atoms with Gasteiger partial charge in [0.2, 0.25) is 0 Å². The number of halogens is 3. The number of aromatic nitrogens is 3. The zero-order valence-corrected chi connectivity index (χ0v) is 17.8. The molecule has 0 spiro atoms. The molecular weight excluding hydrogens is 417 g/mol. The van der Waals surface area contributed by atoms with Crippen LogP contribution in [0, 0.1) is 20.8 Å². The highest BCUT2D eigenvalue weighted by atomic mass is 19.4. The van der Waals surface area contributed by atoms with E-state index in [0.717, 1.165) is 33.0 Å². The van der Waals surface area contributed by atoms with Crippen LogP contribution in [0.1, 0.15) is 38.4 Å². The van der Waals surface area contributed by atoms with E-state index >= 15 is 0 Å². The number of amides is 1. The largest absolute Gasteiger partial charge is 0.434 e. The van der Waals surface area contributed by atoms with Crippen LogP contribution in [0.3, 0.4) is 0 Å². The van der Waals surface area contributed by atoms with E-state index in [0.29, 0.717) is 11.3 Å². The number of hydrogen-bond acceptors (Lipinski definition) is 3. The molecule has 0 radical (unpaired) electrons. The normalized spacial score (nSPS) is 11.7. The van der Waals surface area contributed by atoms with Gasteiger partial charge >= 0.3 is 6.18 Å². The summed E-state index contributed by atoms with van der Waals surface area (Å²) in [5, 5.41) is 6.67. The Morgan fingerprint density at radius 3 is 2.38 bits per heavy atom. The fraction of sp³-hybridized carbons (Fsp3) is 0.208. The fourth-order valence-corrected chi connectivity index (χ4v) is 3.77. The zero-order valence-electron chi connectivity index (χ0n) is 17.8. The molecule has 0 bridgehead atoms. The Balaban J connectivity index is 1.79. The first kappa shape index (κ1) is 21.5. The molecule has 0 unspecified atom stereocenters. The molecule has 0 atom stereocenters. The molecule has 164 valence electrons. The Morgan fingerprint density at radius 1 is 1.03 bits per heavy atom. The number of carbonyl (C=O) groups is 1. The van der Waals surface area contributed by atoms with Crippen molar-refractivity contribution < 1.29 is 18.0 Å². The standard InChI is InChI=1S/C24H21F3N4O/c1-14-6-4-8-17(10-14)12-29-23(32)19-13-28-22-20(18-9-5-7-15(2)11-18)16(3)30-31(22)21(19)24(25,26)27/h4-11,13H,12H2,1-3H3,(H,29,32). The third-order valence-corrected chi connectivity index (χ3v) is 5.17. The van der Waals surface area contributed by atoms with Gasteiger partial charge in [-0.15, -0.1) is 0 Å². The van der Waals surface area contributed by atoms with Crippen LogP contribution >= 0.6 is 0 Å². The van der Waals surface area contributed by atoms with Gasteiger partial charge in [0.25, 0.3) is 5.91 Å². The van der Waals surface area contributed by atoms with Crippen molar-refractivity contribution in [2.24, 2.45) is 0 Å². The van der Waals surface area contributed by atoms with Gasteiger partial charge in [0.15, 0.2) is 11.3 Å². The minimum atomic E-state index is -4.81. The third kappa shape index (κ3) is 4.08. The van der Waals surface area contributed by atoms with Crippen LogP contribution in [0.5, 0.6) is 0 Å². The molecule has 2 aromatic heterocycles. The van der Waals surface area contributed by atoms with Crippen molar-refractivity contribution >= 4 is 11.6 Å². The second kappa shape index (κ2) is 8.11. The maximum atomic E-state index is 14.1. The fourth-order valence-electron chi connectivity index (χ4n) is 3.77. The van der Waals surface area contributed by atoms with Crippen molar-refractivity contribution in [3.63, 3.8) is 0 Å². The molecule has 0 fully saturated rings. The maximum Gasteiger partial charge on any atom is 0.434 e. The summed E-state index contributed by atoms with van der Waals surface area (Å²) in [5.74, 6) is -0.863. The van der Waals surface area contributed by atoms with Gasteiger partial charge in [-0.3, -0.25) is 4.79 Å². The Morgan fingerprint density at radius 2 is 1.72 bits per heavy atom. The van der Waals surface area contributed by atoms with E-state index in [9.17, 15) is 18.0 Å². The molecule has 2 heterocycles. The van der Waals surface area contributed by atoms with Crippen LogP contribution in [0.15, 0.2) is 54.7 Å². The predicted molar refractivity (Wildman–Crippen MR) is 115 cm³/mol. The molecule has 2 aromatic carbocycles. The number of nitrogens with one attached hydrogen (secondary N) is 1. The number of alkyl halides is 3. The molecule has 8 heteroatoms. The van der Waals surface area contributed by atoms with Gasteiger partial charge in [0.05, 0.1) is 11.3 Å². The van der Waals surface area contributed by atoms with Crippen LogP contribution < -0.4 is 5.32 Å². The number of aryl methyl sites for hydroxylation is 3. The van der Waals surface area contributed by atoms with Gasteiger partial charge in [-0.25, -0.2) is 9.50 Å². The molecule has 5 nitrogen and oxygen atoms in total. The lowest BCUT2D eigenvalue weighted by Crippen LogP contribution is -2.28. The van der Waals surface area contributed by atoms with Gasteiger partial charge in [-0.05, 0) is 31.9 Å². The van der Waals surface area contributed by atoms with Crippen molar-refractivity contribution in [2.75, 3.05) is 0 Å². The lowest BCUT2D eigenvalue weighted by Gasteiger charge is -2.14. The van der Waals surface area contributed by atoms with Crippen molar-refractivity contribution in [3.8, 4) is 11.1 Å². The second-order valence-electron chi connectivity index (χ2n) is 7.76. The van der Waals surface area contributed by atoms with Gasteiger partial charge in [0, 0.05) is 18.3 Å². The number of nitrogens with zero attached hydrogens (tertiary/aromatic N) is 3. The minimum Gasteiger partial charge on any atom is -0.348 e. The summed E-state index contributed by atoms with van der Waals surface area (Å²) in [6.45, 7) is 5.53. The number of rotatable bonds is 4. The Hall–Kier alpha value is -3.68. The summed E-state index contributed by atoms with van der Waals surface area (Å²) in [6.07, 6.45) is -3.83. The monoisotopic (exact) mass is 438 g/mol. The molecule has 0 aliphatic heterocycles. The molecule has 4 aromatic rings. The lowest BCUT2D eigenvalue weighted by atomic mass is 10.0. The van der Waals surface area contributed by atoms with Crippen LogP contribution in [0.2, 0.25) is 0 Å². The predicted octanol–water partition coefficient (Wildman–Crippen LogP) is 5.27. The summed E-state index contributed by atoms with van der Waals surface area (Å²) in [4.78, 5) is 16.9. The molecule has 1 amide bonds.